The molecule has 5 nitrogen and oxygen atoms in total. The quantitative estimate of drug-likeness (QED) is 0.779. The summed E-state index contributed by atoms with van der Waals surface area (Å²) < 4.78 is 44.6. The van der Waals surface area contributed by atoms with Gasteiger partial charge < -0.3 is 4.42 Å². The molecule has 0 aromatic carbocycles. The van der Waals surface area contributed by atoms with Gasteiger partial charge in [-0.2, -0.15) is 18.4 Å². The molecule has 23 heavy (non-hydrogen) atoms. The van der Waals surface area contributed by atoms with E-state index in [4.69, 9.17) is 9.68 Å². The summed E-state index contributed by atoms with van der Waals surface area (Å²) in [4.78, 5) is 4.06. The lowest BCUT2D eigenvalue weighted by Gasteiger charge is -2.14. The van der Waals surface area contributed by atoms with Crippen LogP contribution in [0.4, 0.5) is 13.2 Å². The van der Waals surface area contributed by atoms with E-state index >= 15 is 0 Å². The van der Waals surface area contributed by atoms with Crippen LogP contribution < -0.4 is 0 Å². The summed E-state index contributed by atoms with van der Waals surface area (Å²) in [6, 6.07) is 2.47. The van der Waals surface area contributed by atoms with Crippen molar-refractivity contribution in [3.63, 3.8) is 0 Å². The number of hydrogen-bond acceptors (Lipinski definition) is 6. The molecule has 1 atom stereocenters. The fraction of sp³-hybridized carbons (Fsp3) is 0.429. The molecule has 0 saturated carbocycles. The van der Waals surface area contributed by atoms with Gasteiger partial charge in [-0.25, -0.2) is 4.98 Å². The summed E-state index contributed by atoms with van der Waals surface area (Å²) in [5.41, 5.74) is -1.29. The first kappa shape index (κ1) is 17.3. The minimum atomic E-state index is -4.61. The molecule has 2 aromatic rings. The van der Waals surface area contributed by atoms with Crippen LogP contribution in [-0.2, 0) is 12.6 Å². The molecule has 2 rings (SSSR count). The molecule has 0 fully saturated rings. The van der Waals surface area contributed by atoms with Crippen molar-refractivity contribution in [2.45, 2.75) is 43.6 Å². The lowest BCUT2D eigenvalue weighted by atomic mass is 10.1. The Labute approximate surface area is 134 Å². The molecule has 0 aliphatic carbocycles. The second kappa shape index (κ2) is 6.58. The fourth-order valence-corrected chi connectivity index (χ4v) is 2.85. The zero-order valence-electron chi connectivity index (χ0n) is 12.6. The van der Waals surface area contributed by atoms with Crippen LogP contribution in [0.15, 0.2) is 15.5 Å². The third-order valence-electron chi connectivity index (χ3n) is 2.95. The van der Waals surface area contributed by atoms with E-state index in [1.165, 1.54) is 6.92 Å². The molecule has 0 radical (unpaired) electrons. The van der Waals surface area contributed by atoms with Crippen LogP contribution in [0.1, 0.15) is 47.7 Å². The van der Waals surface area contributed by atoms with Crippen molar-refractivity contribution in [1.29, 1.82) is 5.26 Å². The first-order valence-electron chi connectivity index (χ1n) is 6.74. The van der Waals surface area contributed by atoms with Gasteiger partial charge in [-0.3, -0.25) is 0 Å². The van der Waals surface area contributed by atoms with Gasteiger partial charge in [0, 0.05) is 12.1 Å². The lowest BCUT2D eigenvalue weighted by Crippen LogP contribution is -2.11. The average Bonchev–Trinajstić information content (AvgIpc) is 2.94. The fourth-order valence-electron chi connectivity index (χ4n) is 1.85. The van der Waals surface area contributed by atoms with Crippen LogP contribution >= 0.6 is 11.8 Å². The molecular formula is C14H13F3N4OS. The highest BCUT2D eigenvalue weighted by Gasteiger charge is 2.36. The Morgan fingerprint density at radius 1 is 1.39 bits per heavy atom. The van der Waals surface area contributed by atoms with E-state index < -0.39 is 22.6 Å². The third-order valence-corrected chi connectivity index (χ3v) is 4.03. The zero-order chi connectivity index (χ0) is 17.2. The van der Waals surface area contributed by atoms with E-state index in [2.05, 4.69) is 15.2 Å². The van der Waals surface area contributed by atoms with Gasteiger partial charge in [-0.1, -0.05) is 18.7 Å². The number of alkyl halides is 3. The molecule has 0 aliphatic rings. The summed E-state index contributed by atoms with van der Waals surface area (Å²) in [6.07, 6.45) is -4.05. The number of nitrogens with zero attached hydrogens (tertiary/aromatic N) is 4. The predicted molar refractivity (Wildman–Crippen MR) is 76.6 cm³/mol. The molecule has 0 aliphatic heterocycles. The summed E-state index contributed by atoms with van der Waals surface area (Å²) >= 11 is 0.986. The molecule has 2 aromatic heterocycles. The van der Waals surface area contributed by atoms with E-state index in [1.54, 1.807) is 13.0 Å². The third kappa shape index (κ3) is 3.82. The number of thioether (sulfide) groups is 1. The van der Waals surface area contributed by atoms with Crippen molar-refractivity contribution in [1.82, 2.24) is 15.2 Å². The number of rotatable bonds is 4. The molecule has 1 unspecified atom stereocenters. The van der Waals surface area contributed by atoms with E-state index in [0.717, 1.165) is 17.8 Å². The number of hydrogen-bond donors (Lipinski definition) is 0. The second-order valence-electron chi connectivity index (χ2n) is 4.75. The first-order chi connectivity index (χ1) is 10.8. The highest BCUT2D eigenvalue weighted by molar-refractivity contribution is 7.99. The standard InChI is InChI=1S/C14H13F3N4OS/c1-4-11-20-21-12(22-11)8(3)23-13-9(6-18)10(14(15,16)17)5-7(2)19-13/h5,8H,4H2,1-3H3. The normalized spacial score (nSPS) is 12.9. The zero-order valence-corrected chi connectivity index (χ0v) is 13.4. The molecule has 9 heteroatoms. The van der Waals surface area contributed by atoms with Crippen molar-refractivity contribution < 1.29 is 17.6 Å². The maximum atomic E-state index is 13.1. The summed E-state index contributed by atoms with van der Waals surface area (Å²) in [6.45, 7) is 5.00. The first-order valence-corrected chi connectivity index (χ1v) is 7.62. The SMILES string of the molecule is CCc1nnc(C(C)Sc2nc(C)cc(C(F)(F)F)c2C#N)o1. The van der Waals surface area contributed by atoms with E-state index in [1.807, 2.05) is 6.92 Å². The molecule has 0 spiro atoms. The van der Waals surface area contributed by atoms with Gasteiger partial charge in [0.1, 0.15) is 11.1 Å². The lowest BCUT2D eigenvalue weighted by molar-refractivity contribution is -0.138. The molecule has 0 bridgehead atoms. The smallest absolute Gasteiger partial charge is 0.417 e. The van der Waals surface area contributed by atoms with Crippen LogP contribution in [0.2, 0.25) is 0 Å². The van der Waals surface area contributed by atoms with Crippen molar-refractivity contribution in [3.05, 3.63) is 34.7 Å². The molecular weight excluding hydrogens is 329 g/mol. The van der Waals surface area contributed by atoms with E-state index in [0.29, 0.717) is 12.3 Å². The highest BCUT2D eigenvalue weighted by atomic mass is 32.2. The van der Waals surface area contributed by atoms with E-state index in [-0.39, 0.29) is 16.6 Å². The van der Waals surface area contributed by atoms with Gasteiger partial charge in [0.15, 0.2) is 0 Å². The molecule has 0 amide bonds. The molecule has 2 heterocycles. The summed E-state index contributed by atoms with van der Waals surface area (Å²) in [7, 11) is 0. The van der Waals surface area contributed by atoms with Crippen LogP contribution in [0.3, 0.4) is 0 Å². The summed E-state index contributed by atoms with van der Waals surface area (Å²) in [5, 5.41) is 16.4. The van der Waals surface area contributed by atoms with Crippen molar-refractivity contribution in [3.8, 4) is 6.07 Å². The Bertz CT molecular complexity index is 751. The van der Waals surface area contributed by atoms with Crippen molar-refractivity contribution >= 4 is 11.8 Å². The van der Waals surface area contributed by atoms with Crippen LogP contribution in [-0.4, -0.2) is 15.2 Å². The average molecular weight is 342 g/mol. The topological polar surface area (TPSA) is 75.6 Å². The number of aromatic nitrogens is 3. The van der Waals surface area contributed by atoms with Gasteiger partial charge in [0.05, 0.1) is 16.4 Å². The van der Waals surface area contributed by atoms with Crippen LogP contribution in [0.25, 0.3) is 0 Å². The maximum Gasteiger partial charge on any atom is 0.417 e. The number of pyridine rings is 1. The number of nitriles is 1. The van der Waals surface area contributed by atoms with Crippen molar-refractivity contribution in [2.24, 2.45) is 0 Å². The molecule has 0 saturated heterocycles. The van der Waals surface area contributed by atoms with Crippen LogP contribution in [0.5, 0.6) is 0 Å². The van der Waals surface area contributed by atoms with E-state index in [9.17, 15) is 13.2 Å². The predicted octanol–water partition coefficient (Wildman–Crippen LogP) is 4.08. The molecule has 0 N–H and O–H groups in total. The second-order valence-corrected chi connectivity index (χ2v) is 6.08. The Kier molecular flexibility index (Phi) is 4.94. The number of halogens is 3. The Hall–Kier alpha value is -2.08. The minimum Gasteiger partial charge on any atom is -0.424 e. The highest BCUT2D eigenvalue weighted by Crippen LogP contribution is 2.40. The van der Waals surface area contributed by atoms with Gasteiger partial charge in [-0.15, -0.1) is 10.2 Å². The Morgan fingerprint density at radius 3 is 2.61 bits per heavy atom. The summed E-state index contributed by atoms with van der Waals surface area (Å²) in [5.74, 6) is 0.730. The van der Waals surface area contributed by atoms with Gasteiger partial charge >= 0.3 is 6.18 Å². The number of aryl methyl sites for hydroxylation is 2. The Balaban J connectivity index is 2.39. The Morgan fingerprint density at radius 2 is 2.09 bits per heavy atom. The van der Waals surface area contributed by atoms with Gasteiger partial charge in [0.2, 0.25) is 11.8 Å². The maximum absolute atomic E-state index is 13.1. The molecule has 122 valence electrons. The minimum absolute atomic E-state index is 0.00331. The van der Waals surface area contributed by atoms with Crippen molar-refractivity contribution in [2.75, 3.05) is 0 Å². The van der Waals surface area contributed by atoms with Gasteiger partial charge in [0.25, 0.3) is 0 Å². The monoisotopic (exact) mass is 342 g/mol. The van der Waals surface area contributed by atoms with Crippen LogP contribution in [0, 0.1) is 18.3 Å². The van der Waals surface area contributed by atoms with Gasteiger partial charge in [-0.05, 0) is 19.9 Å². The largest absolute Gasteiger partial charge is 0.424 e.